The SMILES string of the molecule is Cn1nc(-c2ccccc2)cc1C(=O)N[C@@H]1CNC(=O)C1. The van der Waals surface area contributed by atoms with Gasteiger partial charge in [0.2, 0.25) is 5.91 Å². The standard InChI is InChI=1S/C15H16N4O2/c1-19-13(15(21)17-11-7-14(20)16-9-11)8-12(18-19)10-5-3-2-4-6-10/h2-6,8,11H,7,9H2,1H3,(H,16,20)(H,17,21)/t11-/m0/s1. The molecule has 0 unspecified atom stereocenters. The fourth-order valence-electron chi connectivity index (χ4n) is 2.40. The summed E-state index contributed by atoms with van der Waals surface area (Å²) in [5.74, 6) is -0.246. The first kappa shape index (κ1) is 13.4. The van der Waals surface area contributed by atoms with Gasteiger partial charge in [-0.1, -0.05) is 30.3 Å². The van der Waals surface area contributed by atoms with Crippen molar-refractivity contribution in [2.45, 2.75) is 12.5 Å². The molecule has 0 saturated carbocycles. The Morgan fingerprint density at radius 1 is 1.38 bits per heavy atom. The highest BCUT2D eigenvalue weighted by Gasteiger charge is 2.24. The summed E-state index contributed by atoms with van der Waals surface area (Å²) in [6.45, 7) is 0.480. The van der Waals surface area contributed by atoms with E-state index < -0.39 is 0 Å². The van der Waals surface area contributed by atoms with Crippen molar-refractivity contribution in [2.75, 3.05) is 6.54 Å². The minimum atomic E-state index is -0.214. The number of aryl methyl sites for hydroxylation is 1. The summed E-state index contributed by atoms with van der Waals surface area (Å²) in [7, 11) is 1.74. The lowest BCUT2D eigenvalue weighted by Gasteiger charge is -2.09. The molecule has 2 N–H and O–H groups in total. The average Bonchev–Trinajstić information content (AvgIpc) is 3.06. The first-order chi connectivity index (χ1) is 10.1. The van der Waals surface area contributed by atoms with Gasteiger partial charge in [0.1, 0.15) is 5.69 Å². The molecule has 1 aromatic heterocycles. The molecule has 1 saturated heterocycles. The maximum Gasteiger partial charge on any atom is 0.269 e. The van der Waals surface area contributed by atoms with Crippen LogP contribution in [0.3, 0.4) is 0 Å². The zero-order chi connectivity index (χ0) is 14.8. The molecule has 2 aromatic rings. The van der Waals surface area contributed by atoms with Gasteiger partial charge in [0.05, 0.1) is 11.7 Å². The summed E-state index contributed by atoms with van der Waals surface area (Å²) in [5.41, 5.74) is 2.20. The molecule has 0 radical (unpaired) electrons. The monoisotopic (exact) mass is 284 g/mol. The normalized spacial score (nSPS) is 17.6. The minimum absolute atomic E-state index is 0.0321. The number of rotatable bonds is 3. The van der Waals surface area contributed by atoms with Crippen molar-refractivity contribution in [3.63, 3.8) is 0 Å². The predicted molar refractivity (Wildman–Crippen MR) is 77.5 cm³/mol. The van der Waals surface area contributed by atoms with E-state index in [4.69, 9.17) is 0 Å². The van der Waals surface area contributed by atoms with Gasteiger partial charge < -0.3 is 10.6 Å². The Bertz CT molecular complexity index is 678. The zero-order valence-corrected chi connectivity index (χ0v) is 11.7. The summed E-state index contributed by atoms with van der Waals surface area (Å²) in [6.07, 6.45) is 0.329. The van der Waals surface area contributed by atoms with Crippen molar-refractivity contribution in [1.82, 2.24) is 20.4 Å². The molecule has 21 heavy (non-hydrogen) atoms. The summed E-state index contributed by atoms with van der Waals surface area (Å²) >= 11 is 0. The highest BCUT2D eigenvalue weighted by atomic mass is 16.2. The molecule has 0 bridgehead atoms. The Hall–Kier alpha value is -2.63. The molecule has 3 rings (SSSR count). The van der Waals surface area contributed by atoms with E-state index in [1.807, 2.05) is 30.3 Å². The Morgan fingerprint density at radius 3 is 2.81 bits per heavy atom. The fraction of sp³-hybridized carbons (Fsp3) is 0.267. The van der Waals surface area contributed by atoms with Crippen LogP contribution >= 0.6 is 0 Å². The third-order valence-electron chi connectivity index (χ3n) is 3.49. The molecule has 6 heteroatoms. The van der Waals surface area contributed by atoms with Gasteiger partial charge in [-0.15, -0.1) is 0 Å². The van der Waals surface area contributed by atoms with Gasteiger partial charge in [0.25, 0.3) is 5.91 Å². The van der Waals surface area contributed by atoms with Gasteiger partial charge in [-0.05, 0) is 6.07 Å². The van der Waals surface area contributed by atoms with Gasteiger partial charge >= 0.3 is 0 Å². The van der Waals surface area contributed by atoms with E-state index >= 15 is 0 Å². The van der Waals surface area contributed by atoms with Crippen LogP contribution in [0.1, 0.15) is 16.9 Å². The van der Waals surface area contributed by atoms with E-state index in [-0.39, 0.29) is 17.9 Å². The first-order valence-corrected chi connectivity index (χ1v) is 6.80. The Kier molecular flexibility index (Phi) is 3.43. The molecular weight excluding hydrogens is 268 g/mol. The maximum absolute atomic E-state index is 12.3. The molecular formula is C15H16N4O2. The van der Waals surface area contributed by atoms with Gasteiger partial charge in [0.15, 0.2) is 0 Å². The van der Waals surface area contributed by atoms with Crippen LogP contribution in [0, 0.1) is 0 Å². The number of carbonyl (C=O) groups is 2. The van der Waals surface area contributed by atoms with E-state index in [2.05, 4.69) is 15.7 Å². The topological polar surface area (TPSA) is 76.0 Å². The van der Waals surface area contributed by atoms with Crippen LogP contribution in [-0.2, 0) is 11.8 Å². The molecule has 1 atom stereocenters. The highest BCUT2D eigenvalue weighted by molar-refractivity contribution is 5.94. The van der Waals surface area contributed by atoms with Gasteiger partial charge in [-0.3, -0.25) is 14.3 Å². The van der Waals surface area contributed by atoms with E-state index in [0.717, 1.165) is 11.3 Å². The third-order valence-corrected chi connectivity index (χ3v) is 3.49. The van der Waals surface area contributed by atoms with E-state index in [1.54, 1.807) is 17.8 Å². The molecule has 6 nitrogen and oxygen atoms in total. The summed E-state index contributed by atoms with van der Waals surface area (Å²) in [4.78, 5) is 23.4. The molecule has 0 aliphatic carbocycles. The Morgan fingerprint density at radius 2 is 2.14 bits per heavy atom. The van der Waals surface area contributed by atoms with Crippen LogP contribution in [-0.4, -0.2) is 34.2 Å². The predicted octanol–water partition coefficient (Wildman–Crippen LogP) is 0.705. The quantitative estimate of drug-likeness (QED) is 0.871. The summed E-state index contributed by atoms with van der Waals surface area (Å²) in [5, 5.41) is 9.91. The van der Waals surface area contributed by atoms with Gasteiger partial charge in [-0.2, -0.15) is 5.10 Å². The molecule has 1 aliphatic heterocycles. The lowest BCUT2D eigenvalue weighted by Crippen LogP contribution is -2.37. The summed E-state index contributed by atoms with van der Waals surface area (Å²) < 4.78 is 1.56. The van der Waals surface area contributed by atoms with Crippen LogP contribution in [0.4, 0.5) is 0 Å². The van der Waals surface area contributed by atoms with E-state index in [9.17, 15) is 9.59 Å². The Balaban J connectivity index is 1.78. The largest absolute Gasteiger partial charge is 0.354 e. The average molecular weight is 284 g/mol. The Labute approximate surface area is 122 Å². The second kappa shape index (κ2) is 5.40. The third kappa shape index (κ3) is 2.79. The molecule has 2 amide bonds. The summed E-state index contributed by atoms with van der Waals surface area (Å²) in [6, 6.07) is 11.3. The second-order valence-electron chi connectivity index (χ2n) is 5.08. The van der Waals surface area contributed by atoms with Crippen LogP contribution in [0.2, 0.25) is 0 Å². The molecule has 1 aliphatic rings. The van der Waals surface area contributed by atoms with Crippen molar-refractivity contribution in [3.05, 3.63) is 42.1 Å². The fourth-order valence-corrected chi connectivity index (χ4v) is 2.40. The highest BCUT2D eigenvalue weighted by Crippen LogP contribution is 2.18. The number of amides is 2. The van der Waals surface area contributed by atoms with Crippen molar-refractivity contribution < 1.29 is 9.59 Å². The number of aromatic nitrogens is 2. The minimum Gasteiger partial charge on any atom is -0.354 e. The lowest BCUT2D eigenvalue weighted by atomic mass is 10.1. The number of hydrogen-bond donors (Lipinski definition) is 2. The molecule has 1 fully saturated rings. The smallest absolute Gasteiger partial charge is 0.269 e. The van der Waals surface area contributed by atoms with Crippen molar-refractivity contribution >= 4 is 11.8 Å². The van der Waals surface area contributed by atoms with Crippen molar-refractivity contribution in [1.29, 1.82) is 0 Å². The van der Waals surface area contributed by atoms with Crippen molar-refractivity contribution in [2.24, 2.45) is 7.05 Å². The maximum atomic E-state index is 12.3. The molecule has 1 aromatic carbocycles. The van der Waals surface area contributed by atoms with Gasteiger partial charge in [-0.25, -0.2) is 0 Å². The zero-order valence-electron chi connectivity index (χ0n) is 11.7. The van der Waals surface area contributed by atoms with Crippen LogP contribution < -0.4 is 10.6 Å². The van der Waals surface area contributed by atoms with E-state index in [1.165, 1.54) is 0 Å². The second-order valence-corrected chi connectivity index (χ2v) is 5.08. The van der Waals surface area contributed by atoms with Gasteiger partial charge in [0, 0.05) is 25.6 Å². The van der Waals surface area contributed by atoms with E-state index in [0.29, 0.717) is 18.7 Å². The van der Waals surface area contributed by atoms with Crippen LogP contribution in [0.5, 0.6) is 0 Å². The van der Waals surface area contributed by atoms with Crippen molar-refractivity contribution in [3.8, 4) is 11.3 Å². The number of hydrogen-bond acceptors (Lipinski definition) is 3. The number of nitrogens with zero attached hydrogens (tertiary/aromatic N) is 2. The molecule has 2 heterocycles. The molecule has 0 spiro atoms. The lowest BCUT2D eigenvalue weighted by molar-refractivity contribution is -0.119. The molecule has 108 valence electrons. The first-order valence-electron chi connectivity index (χ1n) is 6.80. The van der Waals surface area contributed by atoms with Crippen LogP contribution in [0.15, 0.2) is 36.4 Å². The number of nitrogens with one attached hydrogen (secondary N) is 2. The number of benzene rings is 1. The van der Waals surface area contributed by atoms with Crippen LogP contribution in [0.25, 0.3) is 11.3 Å². The number of carbonyl (C=O) groups excluding carboxylic acids is 2.